The second kappa shape index (κ2) is 8.68. The minimum absolute atomic E-state index is 0.0706. The van der Waals surface area contributed by atoms with Gasteiger partial charge in [-0.3, -0.25) is 5.01 Å². The van der Waals surface area contributed by atoms with Crippen LogP contribution < -0.4 is 11.2 Å². The van der Waals surface area contributed by atoms with Crippen molar-refractivity contribution in [2.45, 2.75) is 19.1 Å². The number of nitrogens with one attached hydrogen (secondary N) is 1. The number of alkyl halides is 3. The van der Waals surface area contributed by atoms with Crippen LogP contribution in [0, 0.1) is 0 Å². The van der Waals surface area contributed by atoms with Crippen molar-refractivity contribution in [2.75, 3.05) is 5.32 Å². The SMILES string of the molecule is CC(c1ccc(-c2cncnc2)cc1)N(N)C(=O)Nc1ccc(Cl)c(C(F)(F)F)c1. The molecule has 1 aromatic heterocycles. The van der Waals surface area contributed by atoms with Gasteiger partial charge in [-0.25, -0.2) is 20.6 Å². The molecule has 1 unspecified atom stereocenters. The number of amides is 2. The molecule has 0 spiro atoms. The molecule has 10 heteroatoms. The van der Waals surface area contributed by atoms with Crippen LogP contribution in [0.5, 0.6) is 0 Å². The molecule has 0 aliphatic rings. The van der Waals surface area contributed by atoms with E-state index in [0.717, 1.165) is 33.8 Å². The van der Waals surface area contributed by atoms with Crippen LogP contribution in [0.1, 0.15) is 24.1 Å². The van der Waals surface area contributed by atoms with E-state index in [1.54, 1.807) is 31.5 Å². The summed E-state index contributed by atoms with van der Waals surface area (Å²) in [6.45, 7) is 1.70. The maximum absolute atomic E-state index is 13.0. The van der Waals surface area contributed by atoms with Crippen LogP contribution in [0.3, 0.4) is 0 Å². The van der Waals surface area contributed by atoms with Crippen molar-refractivity contribution in [1.29, 1.82) is 0 Å². The number of halogens is 4. The number of hydrogen-bond acceptors (Lipinski definition) is 4. The topological polar surface area (TPSA) is 84.1 Å². The van der Waals surface area contributed by atoms with Gasteiger partial charge in [0.25, 0.3) is 0 Å². The normalized spacial score (nSPS) is 12.3. The van der Waals surface area contributed by atoms with Gasteiger partial charge in [0.1, 0.15) is 6.33 Å². The van der Waals surface area contributed by atoms with Crippen LogP contribution in [-0.4, -0.2) is 21.0 Å². The number of anilines is 1. The summed E-state index contributed by atoms with van der Waals surface area (Å²) in [6.07, 6.45) is 0.146. The van der Waals surface area contributed by atoms with Crippen molar-refractivity contribution in [2.24, 2.45) is 5.84 Å². The number of nitrogens with two attached hydrogens (primary N) is 1. The van der Waals surface area contributed by atoms with Gasteiger partial charge in [-0.2, -0.15) is 13.2 Å². The lowest BCUT2D eigenvalue weighted by Gasteiger charge is -2.25. The monoisotopic (exact) mass is 435 g/mol. The van der Waals surface area contributed by atoms with Crippen LogP contribution in [0.25, 0.3) is 11.1 Å². The Bertz CT molecular complexity index is 1030. The predicted octanol–water partition coefficient (Wildman–Crippen LogP) is 5.28. The molecule has 0 saturated carbocycles. The summed E-state index contributed by atoms with van der Waals surface area (Å²) in [5.74, 6) is 5.90. The summed E-state index contributed by atoms with van der Waals surface area (Å²) in [4.78, 5) is 20.4. The van der Waals surface area contributed by atoms with Gasteiger partial charge in [-0.15, -0.1) is 0 Å². The average molecular weight is 436 g/mol. The molecular weight excluding hydrogens is 419 g/mol. The van der Waals surface area contributed by atoms with E-state index in [2.05, 4.69) is 15.3 Å². The van der Waals surface area contributed by atoms with E-state index < -0.39 is 28.8 Å². The Morgan fingerprint density at radius 1 is 1.10 bits per heavy atom. The molecule has 1 heterocycles. The number of nitrogens with zero attached hydrogens (tertiary/aromatic N) is 3. The van der Waals surface area contributed by atoms with E-state index in [1.165, 1.54) is 12.4 Å². The standard InChI is InChI=1S/C20H17ClF3N5O/c1-12(13-2-4-14(5-3-13)15-9-26-11-27-10-15)29(25)19(30)28-16-6-7-18(21)17(8-16)20(22,23)24/h2-12H,25H2,1H3,(H,28,30). The summed E-state index contributed by atoms with van der Waals surface area (Å²) in [5.41, 5.74) is 1.35. The molecule has 30 heavy (non-hydrogen) atoms. The highest BCUT2D eigenvalue weighted by Crippen LogP contribution is 2.36. The largest absolute Gasteiger partial charge is 0.417 e. The van der Waals surface area contributed by atoms with E-state index in [-0.39, 0.29) is 5.69 Å². The molecule has 3 aromatic rings. The number of rotatable bonds is 4. The third-order valence-electron chi connectivity index (χ3n) is 4.46. The van der Waals surface area contributed by atoms with Crippen LogP contribution in [-0.2, 0) is 6.18 Å². The molecule has 2 amide bonds. The van der Waals surface area contributed by atoms with E-state index in [1.807, 2.05) is 12.1 Å². The number of hydrogen-bond donors (Lipinski definition) is 2. The highest BCUT2D eigenvalue weighted by Gasteiger charge is 2.33. The molecule has 0 radical (unpaired) electrons. The lowest BCUT2D eigenvalue weighted by molar-refractivity contribution is -0.137. The number of urea groups is 1. The van der Waals surface area contributed by atoms with Gasteiger partial charge in [0, 0.05) is 23.6 Å². The lowest BCUT2D eigenvalue weighted by Crippen LogP contribution is -2.42. The van der Waals surface area contributed by atoms with Gasteiger partial charge in [0.2, 0.25) is 0 Å². The van der Waals surface area contributed by atoms with Crippen molar-refractivity contribution in [1.82, 2.24) is 15.0 Å². The first-order chi connectivity index (χ1) is 14.2. The number of carbonyl (C=O) groups is 1. The smallest absolute Gasteiger partial charge is 0.307 e. The molecule has 1 atom stereocenters. The third kappa shape index (κ3) is 4.87. The highest BCUT2D eigenvalue weighted by atomic mass is 35.5. The summed E-state index contributed by atoms with van der Waals surface area (Å²) in [6, 6.07) is 9.06. The number of benzene rings is 2. The maximum atomic E-state index is 13.0. The second-order valence-electron chi connectivity index (χ2n) is 6.45. The zero-order valence-electron chi connectivity index (χ0n) is 15.7. The number of hydrazine groups is 1. The van der Waals surface area contributed by atoms with Crippen molar-refractivity contribution in [3.8, 4) is 11.1 Å². The minimum Gasteiger partial charge on any atom is -0.307 e. The summed E-state index contributed by atoms with van der Waals surface area (Å²) in [5, 5.41) is 2.81. The van der Waals surface area contributed by atoms with Crippen LogP contribution in [0.2, 0.25) is 5.02 Å². The third-order valence-corrected chi connectivity index (χ3v) is 4.79. The quantitative estimate of drug-likeness (QED) is 0.331. The lowest BCUT2D eigenvalue weighted by atomic mass is 10.0. The van der Waals surface area contributed by atoms with Crippen LogP contribution in [0.4, 0.5) is 23.7 Å². The number of carbonyl (C=O) groups excluding carboxylic acids is 1. The zero-order chi connectivity index (χ0) is 21.9. The molecule has 3 N–H and O–H groups in total. The second-order valence-corrected chi connectivity index (χ2v) is 6.86. The molecule has 0 saturated heterocycles. The Morgan fingerprint density at radius 3 is 2.33 bits per heavy atom. The zero-order valence-corrected chi connectivity index (χ0v) is 16.4. The molecule has 156 valence electrons. The van der Waals surface area contributed by atoms with Crippen molar-refractivity contribution in [3.63, 3.8) is 0 Å². The fourth-order valence-corrected chi connectivity index (χ4v) is 2.97. The van der Waals surface area contributed by atoms with E-state index in [0.29, 0.717) is 0 Å². The van der Waals surface area contributed by atoms with E-state index in [4.69, 9.17) is 17.4 Å². The fourth-order valence-electron chi connectivity index (χ4n) is 2.75. The fraction of sp³-hybridized carbons (Fsp3) is 0.150. The number of aromatic nitrogens is 2. The van der Waals surface area contributed by atoms with Crippen LogP contribution in [0.15, 0.2) is 61.2 Å². The molecular formula is C20H17ClF3N5O. The molecule has 6 nitrogen and oxygen atoms in total. The Labute approximate surface area is 175 Å². The molecule has 0 fully saturated rings. The van der Waals surface area contributed by atoms with Crippen molar-refractivity contribution in [3.05, 3.63) is 77.3 Å². The van der Waals surface area contributed by atoms with Gasteiger partial charge in [0.05, 0.1) is 16.6 Å². The van der Waals surface area contributed by atoms with Crippen molar-refractivity contribution < 1.29 is 18.0 Å². The predicted molar refractivity (Wildman–Crippen MR) is 107 cm³/mol. The Kier molecular flexibility index (Phi) is 6.23. The molecule has 0 aliphatic heterocycles. The van der Waals surface area contributed by atoms with Gasteiger partial charge in [-0.05, 0) is 36.2 Å². The first kappa shape index (κ1) is 21.5. The Morgan fingerprint density at radius 2 is 1.73 bits per heavy atom. The Hall–Kier alpha value is -3.17. The molecule has 3 rings (SSSR count). The van der Waals surface area contributed by atoms with Gasteiger partial charge < -0.3 is 5.32 Å². The molecule has 0 aliphatic carbocycles. The molecule has 2 aromatic carbocycles. The first-order valence-corrected chi connectivity index (χ1v) is 9.11. The van der Waals surface area contributed by atoms with Crippen LogP contribution >= 0.6 is 11.6 Å². The minimum atomic E-state index is -4.64. The summed E-state index contributed by atoms with van der Waals surface area (Å²) >= 11 is 5.59. The van der Waals surface area contributed by atoms with E-state index in [9.17, 15) is 18.0 Å². The summed E-state index contributed by atoms with van der Waals surface area (Å²) in [7, 11) is 0. The first-order valence-electron chi connectivity index (χ1n) is 8.74. The van der Waals surface area contributed by atoms with E-state index >= 15 is 0 Å². The molecule has 0 bridgehead atoms. The average Bonchev–Trinajstić information content (AvgIpc) is 2.74. The van der Waals surface area contributed by atoms with Crippen molar-refractivity contribution >= 4 is 23.3 Å². The highest BCUT2D eigenvalue weighted by molar-refractivity contribution is 6.31. The maximum Gasteiger partial charge on any atom is 0.417 e. The summed E-state index contributed by atoms with van der Waals surface area (Å²) < 4.78 is 39.0. The Balaban J connectivity index is 1.72. The van der Waals surface area contributed by atoms with Gasteiger partial charge in [0.15, 0.2) is 0 Å². The van der Waals surface area contributed by atoms with Gasteiger partial charge >= 0.3 is 12.2 Å². The van der Waals surface area contributed by atoms with Gasteiger partial charge in [-0.1, -0.05) is 35.9 Å².